The van der Waals surface area contributed by atoms with Crippen molar-refractivity contribution in [2.24, 2.45) is 5.73 Å². The highest BCUT2D eigenvalue weighted by Crippen LogP contribution is 2.06. The van der Waals surface area contributed by atoms with Crippen molar-refractivity contribution in [1.82, 2.24) is 5.32 Å². The van der Waals surface area contributed by atoms with Gasteiger partial charge in [0.1, 0.15) is 11.9 Å². The number of hydrogen-bond donors (Lipinski definition) is 2. The summed E-state index contributed by atoms with van der Waals surface area (Å²) in [6.45, 7) is 0. The minimum Gasteiger partial charge on any atom is -0.368 e. The Morgan fingerprint density at radius 2 is 1.74 bits per heavy atom. The molecule has 0 saturated heterocycles. The van der Waals surface area contributed by atoms with Crippen LogP contribution in [0.2, 0.25) is 0 Å². The zero-order valence-corrected chi connectivity index (χ0v) is 12.4. The fourth-order valence-corrected chi connectivity index (χ4v) is 1.99. The van der Waals surface area contributed by atoms with Gasteiger partial charge < -0.3 is 11.1 Å². The summed E-state index contributed by atoms with van der Waals surface area (Å²) in [5.74, 6) is -1.53. The summed E-state index contributed by atoms with van der Waals surface area (Å²) in [5.41, 5.74) is 6.57. The Morgan fingerprint density at radius 1 is 1.09 bits per heavy atom. The average molecular weight is 312 g/mol. The van der Waals surface area contributed by atoms with Crippen LogP contribution in [-0.2, 0) is 4.79 Å². The van der Waals surface area contributed by atoms with Crippen LogP contribution in [-0.4, -0.2) is 17.9 Å². The fourth-order valence-electron chi connectivity index (χ4n) is 1.99. The molecule has 0 saturated carbocycles. The molecule has 0 radical (unpaired) electrons. The van der Waals surface area contributed by atoms with Gasteiger partial charge in [-0.05, 0) is 36.2 Å². The molecule has 0 heterocycles. The molecule has 0 aliphatic carbocycles. The summed E-state index contributed by atoms with van der Waals surface area (Å²) in [7, 11) is 0. The predicted molar refractivity (Wildman–Crippen MR) is 86.9 cm³/mol. The summed E-state index contributed by atoms with van der Waals surface area (Å²) in [5, 5.41) is 2.55. The van der Waals surface area contributed by atoms with E-state index >= 15 is 0 Å². The fraction of sp³-hybridized carbons (Fsp3) is 0.111. The zero-order valence-electron chi connectivity index (χ0n) is 12.4. The van der Waals surface area contributed by atoms with Crippen molar-refractivity contribution in [3.8, 4) is 0 Å². The van der Waals surface area contributed by atoms with Gasteiger partial charge in [0.05, 0.1) is 0 Å². The average Bonchev–Trinajstić information content (AvgIpc) is 2.55. The summed E-state index contributed by atoms with van der Waals surface area (Å²) in [6.07, 6.45) is 3.90. The molecule has 0 aromatic heterocycles. The van der Waals surface area contributed by atoms with Crippen molar-refractivity contribution in [3.63, 3.8) is 0 Å². The van der Waals surface area contributed by atoms with Crippen LogP contribution in [0, 0.1) is 5.82 Å². The van der Waals surface area contributed by atoms with Gasteiger partial charge in [0.25, 0.3) is 5.91 Å². The minimum atomic E-state index is -0.826. The van der Waals surface area contributed by atoms with E-state index in [0.29, 0.717) is 0 Å². The Balaban J connectivity index is 1.98. The normalized spacial score (nSPS) is 12.0. The summed E-state index contributed by atoms with van der Waals surface area (Å²) in [6, 6.07) is 13.8. The van der Waals surface area contributed by atoms with E-state index in [9.17, 15) is 14.0 Å². The van der Waals surface area contributed by atoms with Gasteiger partial charge in [0.15, 0.2) is 0 Å². The van der Waals surface area contributed by atoms with Gasteiger partial charge in [-0.15, -0.1) is 0 Å². The Labute approximate surface area is 133 Å². The molecule has 4 nitrogen and oxygen atoms in total. The predicted octanol–water partition coefficient (Wildman–Crippen LogP) is 2.51. The molecular weight excluding hydrogens is 295 g/mol. The zero-order chi connectivity index (χ0) is 16.7. The van der Waals surface area contributed by atoms with Crippen LogP contribution in [0.25, 0.3) is 6.08 Å². The molecule has 2 amide bonds. The number of primary amides is 1. The number of benzene rings is 2. The maximum atomic E-state index is 12.9. The third-order valence-corrected chi connectivity index (χ3v) is 3.24. The third-order valence-electron chi connectivity index (χ3n) is 3.24. The number of rotatable bonds is 6. The van der Waals surface area contributed by atoms with Crippen molar-refractivity contribution in [2.75, 3.05) is 0 Å². The second-order valence-corrected chi connectivity index (χ2v) is 4.98. The van der Waals surface area contributed by atoms with Gasteiger partial charge in [-0.1, -0.05) is 42.5 Å². The van der Waals surface area contributed by atoms with Crippen molar-refractivity contribution in [3.05, 3.63) is 77.6 Å². The van der Waals surface area contributed by atoms with Gasteiger partial charge in [0.2, 0.25) is 5.91 Å². The highest BCUT2D eigenvalue weighted by molar-refractivity contribution is 5.97. The Bertz CT molecular complexity index is 697. The molecule has 0 spiro atoms. The number of nitrogens with one attached hydrogen (secondary N) is 1. The smallest absolute Gasteiger partial charge is 0.251 e. The van der Waals surface area contributed by atoms with Gasteiger partial charge in [-0.25, -0.2) is 4.39 Å². The van der Waals surface area contributed by atoms with Crippen molar-refractivity contribution < 1.29 is 14.0 Å². The van der Waals surface area contributed by atoms with E-state index in [1.165, 1.54) is 24.3 Å². The van der Waals surface area contributed by atoms with E-state index in [1.807, 2.05) is 36.4 Å². The molecule has 5 heteroatoms. The Hall–Kier alpha value is -2.95. The first-order chi connectivity index (χ1) is 11.1. The molecule has 0 aliphatic heterocycles. The third kappa shape index (κ3) is 5.07. The Morgan fingerprint density at radius 3 is 2.35 bits per heavy atom. The lowest BCUT2D eigenvalue weighted by Gasteiger charge is -2.13. The van der Waals surface area contributed by atoms with Gasteiger partial charge in [0, 0.05) is 5.56 Å². The van der Waals surface area contributed by atoms with E-state index in [2.05, 4.69) is 5.32 Å². The van der Waals surface area contributed by atoms with Crippen LogP contribution in [0.15, 0.2) is 60.7 Å². The van der Waals surface area contributed by atoms with E-state index in [1.54, 1.807) is 6.08 Å². The van der Waals surface area contributed by atoms with Crippen LogP contribution in [0.3, 0.4) is 0 Å². The quantitative estimate of drug-likeness (QED) is 0.860. The highest BCUT2D eigenvalue weighted by Gasteiger charge is 2.17. The molecule has 2 aromatic carbocycles. The first-order valence-corrected chi connectivity index (χ1v) is 7.13. The van der Waals surface area contributed by atoms with E-state index in [0.717, 1.165) is 5.56 Å². The van der Waals surface area contributed by atoms with Crippen molar-refractivity contribution >= 4 is 17.9 Å². The molecule has 118 valence electrons. The molecule has 2 aromatic rings. The molecule has 3 N–H and O–H groups in total. The van der Waals surface area contributed by atoms with E-state index < -0.39 is 23.7 Å². The van der Waals surface area contributed by atoms with Crippen LogP contribution < -0.4 is 11.1 Å². The molecule has 0 bridgehead atoms. The lowest BCUT2D eigenvalue weighted by atomic mass is 10.1. The number of amides is 2. The van der Waals surface area contributed by atoms with E-state index in [-0.39, 0.29) is 12.0 Å². The van der Waals surface area contributed by atoms with Crippen LogP contribution in [0.5, 0.6) is 0 Å². The molecule has 0 fully saturated rings. The molecule has 0 aliphatic rings. The topological polar surface area (TPSA) is 72.2 Å². The number of halogens is 1. The molecule has 0 unspecified atom stereocenters. The summed E-state index contributed by atoms with van der Waals surface area (Å²) < 4.78 is 12.9. The van der Waals surface area contributed by atoms with Crippen LogP contribution in [0.4, 0.5) is 4.39 Å². The lowest BCUT2D eigenvalue weighted by Crippen LogP contribution is -2.44. The van der Waals surface area contributed by atoms with Gasteiger partial charge >= 0.3 is 0 Å². The first kappa shape index (κ1) is 16.4. The largest absolute Gasteiger partial charge is 0.368 e. The highest BCUT2D eigenvalue weighted by atomic mass is 19.1. The molecule has 2 rings (SSSR count). The standard InChI is InChI=1S/C18H17FN2O2/c19-15-11-9-14(10-12-15)18(23)21-16(17(20)22)8-4-7-13-5-2-1-3-6-13/h1-7,9-12,16H,8H2,(H2,20,22)(H,21,23)/b7-4+/t16-/m0/s1. The summed E-state index contributed by atoms with van der Waals surface area (Å²) in [4.78, 5) is 23.5. The first-order valence-electron chi connectivity index (χ1n) is 7.13. The number of hydrogen-bond acceptors (Lipinski definition) is 2. The Kier molecular flexibility index (Phi) is 5.63. The van der Waals surface area contributed by atoms with Crippen LogP contribution in [0.1, 0.15) is 22.3 Å². The molecular formula is C18H17FN2O2. The monoisotopic (exact) mass is 312 g/mol. The second-order valence-electron chi connectivity index (χ2n) is 4.98. The van der Waals surface area contributed by atoms with Gasteiger partial charge in [-0.2, -0.15) is 0 Å². The van der Waals surface area contributed by atoms with Crippen molar-refractivity contribution in [1.29, 1.82) is 0 Å². The van der Waals surface area contributed by atoms with E-state index in [4.69, 9.17) is 5.73 Å². The van der Waals surface area contributed by atoms with Crippen molar-refractivity contribution in [2.45, 2.75) is 12.5 Å². The molecule has 1 atom stereocenters. The molecule has 23 heavy (non-hydrogen) atoms. The van der Waals surface area contributed by atoms with Crippen LogP contribution >= 0.6 is 0 Å². The SMILES string of the molecule is NC(=O)[C@H](C/C=C/c1ccccc1)NC(=O)c1ccc(F)cc1. The summed E-state index contributed by atoms with van der Waals surface area (Å²) >= 11 is 0. The maximum Gasteiger partial charge on any atom is 0.251 e. The number of nitrogens with two attached hydrogens (primary N) is 1. The van der Waals surface area contributed by atoms with Gasteiger partial charge in [-0.3, -0.25) is 9.59 Å². The lowest BCUT2D eigenvalue weighted by molar-refractivity contribution is -0.119. The number of carbonyl (C=O) groups is 2. The number of carbonyl (C=O) groups excluding carboxylic acids is 2. The second kappa shape index (κ2) is 7.89. The minimum absolute atomic E-state index is 0.268. The maximum absolute atomic E-state index is 12.9.